The van der Waals surface area contributed by atoms with Crippen molar-refractivity contribution in [2.45, 2.75) is 4.90 Å². The lowest BCUT2D eigenvalue weighted by Crippen LogP contribution is -2.44. The van der Waals surface area contributed by atoms with Crippen molar-refractivity contribution in [1.29, 1.82) is 5.26 Å². The second-order valence-electron chi connectivity index (χ2n) is 6.56. The van der Waals surface area contributed by atoms with E-state index in [-0.39, 0.29) is 43.2 Å². The maximum absolute atomic E-state index is 14.2. The average Bonchev–Trinajstić information content (AvgIpc) is 2.82. The third-order valence-electron chi connectivity index (χ3n) is 4.46. The summed E-state index contributed by atoms with van der Waals surface area (Å²) >= 11 is 0. The molecule has 0 aromatic heterocycles. The van der Waals surface area contributed by atoms with Crippen LogP contribution in [0.4, 0.5) is 4.39 Å². The maximum atomic E-state index is 14.2. The molecule has 3 rings (SSSR count). The SMILES string of the molecule is N#Cc1ccccc1OCC(=O)NNC(=O)c1ccc(F)c(S(=O)(=O)N2CCOCC2)c1. The van der Waals surface area contributed by atoms with Gasteiger partial charge in [0.2, 0.25) is 10.0 Å². The van der Waals surface area contributed by atoms with Crippen LogP contribution in [-0.4, -0.2) is 57.4 Å². The van der Waals surface area contributed by atoms with Crippen LogP contribution >= 0.6 is 0 Å². The summed E-state index contributed by atoms with van der Waals surface area (Å²) in [5, 5.41) is 9.00. The lowest BCUT2D eigenvalue weighted by molar-refractivity contribution is -0.123. The number of rotatable bonds is 6. The molecule has 1 heterocycles. The number of sulfonamides is 1. The molecule has 1 aliphatic rings. The predicted octanol–water partition coefficient (Wildman–Crippen LogP) is 0.558. The summed E-state index contributed by atoms with van der Waals surface area (Å²) in [6.45, 7) is 0.0351. The molecule has 0 bridgehead atoms. The average molecular weight is 462 g/mol. The Balaban J connectivity index is 1.62. The number of hydrogen-bond acceptors (Lipinski definition) is 7. The van der Waals surface area contributed by atoms with Crippen molar-refractivity contribution in [2.75, 3.05) is 32.9 Å². The molecule has 10 nitrogen and oxygen atoms in total. The largest absolute Gasteiger partial charge is 0.482 e. The van der Waals surface area contributed by atoms with Gasteiger partial charge in [-0.1, -0.05) is 12.1 Å². The van der Waals surface area contributed by atoms with E-state index in [9.17, 15) is 22.4 Å². The minimum absolute atomic E-state index is 0.0726. The molecule has 2 aromatic carbocycles. The normalized spacial score (nSPS) is 14.2. The molecular formula is C20H19FN4O6S. The van der Waals surface area contributed by atoms with Gasteiger partial charge in [0.1, 0.15) is 22.5 Å². The Labute approximate surface area is 183 Å². The molecular weight excluding hydrogens is 443 g/mol. The molecule has 1 saturated heterocycles. The maximum Gasteiger partial charge on any atom is 0.276 e. The van der Waals surface area contributed by atoms with Crippen molar-refractivity contribution in [2.24, 2.45) is 0 Å². The second-order valence-corrected chi connectivity index (χ2v) is 8.47. The lowest BCUT2D eigenvalue weighted by Gasteiger charge is -2.26. The molecule has 32 heavy (non-hydrogen) atoms. The fourth-order valence-electron chi connectivity index (χ4n) is 2.83. The first-order valence-electron chi connectivity index (χ1n) is 9.41. The van der Waals surface area contributed by atoms with Gasteiger partial charge in [0.15, 0.2) is 6.61 Å². The van der Waals surface area contributed by atoms with Gasteiger partial charge < -0.3 is 9.47 Å². The van der Waals surface area contributed by atoms with E-state index in [1.54, 1.807) is 12.1 Å². The molecule has 0 aliphatic carbocycles. The van der Waals surface area contributed by atoms with Gasteiger partial charge in [-0.2, -0.15) is 9.57 Å². The number of carbonyl (C=O) groups is 2. The van der Waals surface area contributed by atoms with Crippen molar-refractivity contribution >= 4 is 21.8 Å². The Bertz CT molecular complexity index is 1160. The third kappa shape index (κ3) is 5.38. The topological polar surface area (TPSA) is 138 Å². The number of carbonyl (C=O) groups excluding carboxylic acids is 2. The Hall–Kier alpha value is -3.53. The van der Waals surface area contributed by atoms with Gasteiger partial charge in [0.25, 0.3) is 11.8 Å². The zero-order valence-corrected chi connectivity index (χ0v) is 17.5. The van der Waals surface area contributed by atoms with E-state index >= 15 is 0 Å². The van der Waals surface area contributed by atoms with Crippen molar-refractivity contribution in [1.82, 2.24) is 15.2 Å². The molecule has 0 unspecified atom stereocenters. The lowest BCUT2D eigenvalue weighted by atomic mass is 10.2. The van der Waals surface area contributed by atoms with Crippen LogP contribution in [0.5, 0.6) is 5.75 Å². The molecule has 1 aliphatic heterocycles. The predicted molar refractivity (Wildman–Crippen MR) is 108 cm³/mol. The van der Waals surface area contributed by atoms with Crippen molar-refractivity contribution in [3.8, 4) is 11.8 Å². The highest BCUT2D eigenvalue weighted by molar-refractivity contribution is 7.89. The molecule has 0 spiro atoms. The number of amides is 2. The molecule has 12 heteroatoms. The standard InChI is InChI=1S/C20H19FN4O6S/c21-16-6-5-14(11-18(16)32(28,29)25-7-9-30-10-8-25)20(27)24-23-19(26)13-31-17-4-2-1-3-15(17)12-22/h1-6,11H,7-10,13H2,(H,23,26)(H,24,27). The first-order valence-corrected chi connectivity index (χ1v) is 10.9. The van der Waals surface area contributed by atoms with Crippen molar-refractivity contribution < 1.29 is 31.9 Å². The molecule has 0 saturated carbocycles. The number of hydrogen-bond donors (Lipinski definition) is 2. The Morgan fingerprint density at radius 3 is 2.59 bits per heavy atom. The zero-order valence-electron chi connectivity index (χ0n) is 16.7. The van der Waals surface area contributed by atoms with Crippen LogP contribution in [0.3, 0.4) is 0 Å². The summed E-state index contributed by atoms with van der Waals surface area (Å²) in [4.78, 5) is 23.6. The number of benzene rings is 2. The van der Waals surface area contributed by atoms with E-state index in [1.807, 2.05) is 6.07 Å². The number of halogens is 1. The quantitative estimate of drug-likeness (QED) is 0.598. The number of nitrogens with one attached hydrogen (secondary N) is 2. The van der Waals surface area contributed by atoms with Gasteiger partial charge in [-0.15, -0.1) is 0 Å². The van der Waals surface area contributed by atoms with E-state index < -0.39 is 39.2 Å². The highest BCUT2D eigenvalue weighted by Gasteiger charge is 2.29. The smallest absolute Gasteiger partial charge is 0.276 e. The molecule has 2 N–H and O–H groups in total. The highest BCUT2D eigenvalue weighted by atomic mass is 32.2. The fourth-order valence-corrected chi connectivity index (χ4v) is 4.33. The number of hydrazine groups is 1. The zero-order chi connectivity index (χ0) is 23.1. The van der Waals surface area contributed by atoms with E-state index in [2.05, 4.69) is 10.9 Å². The number of nitriles is 1. The van der Waals surface area contributed by atoms with Crippen LogP contribution in [0.2, 0.25) is 0 Å². The summed E-state index contributed by atoms with van der Waals surface area (Å²) < 4.78 is 51.1. The van der Waals surface area contributed by atoms with E-state index in [4.69, 9.17) is 14.7 Å². The molecule has 2 aromatic rings. The van der Waals surface area contributed by atoms with Crippen LogP contribution < -0.4 is 15.6 Å². The number of ether oxygens (including phenoxy) is 2. The van der Waals surface area contributed by atoms with Crippen molar-refractivity contribution in [3.05, 3.63) is 59.4 Å². The van der Waals surface area contributed by atoms with E-state index in [0.29, 0.717) is 0 Å². The summed E-state index contributed by atoms with van der Waals surface area (Å²) in [6, 6.07) is 11.1. The summed E-state index contributed by atoms with van der Waals surface area (Å²) in [6.07, 6.45) is 0. The highest BCUT2D eigenvalue weighted by Crippen LogP contribution is 2.22. The third-order valence-corrected chi connectivity index (χ3v) is 6.38. The van der Waals surface area contributed by atoms with Gasteiger partial charge in [-0.05, 0) is 30.3 Å². The minimum Gasteiger partial charge on any atom is -0.482 e. The summed E-state index contributed by atoms with van der Waals surface area (Å²) in [7, 11) is -4.16. The first kappa shape index (κ1) is 23.1. The van der Waals surface area contributed by atoms with Gasteiger partial charge in [-0.3, -0.25) is 20.4 Å². The van der Waals surface area contributed by atoms with E-state index in [1.165, 1.54) is 12.1 Å². The molecule has 168 valence electrons. The van der Waals surface area contributed by atoms with Gasteiger partial charge in [-0.25, -0.2) is 12.8 Å². The second kappa shape index (κ2) is 10.2. The van der Waals surface area contributed by atoms with Crippen LogP contribution in [-0.2, 0) is 19.6 Å². The summed E-state index contributed by atoms with van der Waals surface area (Å²) in [5.74, 6) is -2.38. The molecule has 1 fully saturated rings. The van der Waals surface area contributed by atoms with Crippen LogP contribution in [0, 0.1) is 17.1 Å². The Kier molecular flexibility index (Phi) is 7.37. The number of para-hydroxylation sites is 1. The van der Waals surface area contributed by atoms with Gasteiger partial charge in [0.05, 0.1) is 18.8 Å². The van der Waals surface area contributed by atoms with Gasteiger partial charge >= 0.3 is 0 Å². The molecule has 0 atom stereocenters. The molecule has 2 amide bonds. The molecule has 0 radical (unpaired) electrons. The van der Waals surface area contributed by atoms with Crippen LogP contribution in [0.1, 0.15) is 15.9 Å². The van der Waals surface area contributed by atoms with Crippen LogP contribution in [0.15, 0.2) is 47.4 Å². The summed E-state index contributed by atoms with van der Waals surface area (Å²) in [5.41, 5.74) is 4.28. The Morgan fingerprint density at radius 2 is 1.88 bits per heavy atom. The van der Waals surface area contributed by atoms with E-state index in [0.717, 1.165) is 22.5 Å². The number of morpholine rings is 1. The Morgan fingerprint density at radius 1 is 1.16 bits per heavy atom. The van der Waals surface area contributed by atoms with Crippen LogP contribution in [0.25, 0.3) is 0 Å². The number of nitrogens with zero attached hydrogens (tertiary/aromatic N) is 2. The fraction of sp³-hybridized carbons (Fsp3) is 0.250. The van der Waals surface area contributed by atoms with Gasteiger partial charge in [0, 0.05) is 18.7 Å². The minimum atomic E-state index is -4.16. The van der Waals surface area contributed by atoms with Crippen molar-refractivity contribution in [3.63, 3.8) is 0 Å². The monoisotopic (exact) mass is 462 g/mol. The first-order chi connectivity index (χ1) is 15.3.